The van der Waals surface area contributed by atoms with E-state index in [9.17, 15) is 0 Å². The van der Waals surface area contributed by atoms with Gasteiger partial charge in [-0.2, -0.15) is 0 Å². The number of benzene rings is 1. The number of nitrogens with one attached hydrogen (secondary N) is 3. The van der Waals surface area contributed by atoms with Crippen molar-refractivity contribution < 1.29 is 0 Å². The molecule has 0 spiro atoms. The lowest BCUT2D eigenvalue weighted by Crippen LogP contribution is -2.37. The van der Waals surface area contributed by atoms with Crippen molar-refractivity contribution in [3.63, 3.8) is 0 Å². The molecule has 112 valence electrons. The third kappa shape index (κ3) is 2.84. The molecule has 0 saturated heterocycles. The zero-order chi connectivity index (χ0) is 14.9. The first kappa shape index (κ1) is 13.7. The number of halogens is 1. The number of hydrogen-bond acceptors (Lipinski definition) is 5. The Kier molecular flexibility index (Phi) is 3.56. The molecule has 6 heteroatoms. The van der Waals surface area contributed by atoms with E-state index in [1.807, 2.05) is 30.3 Å². The van der Waals surface area contributed by atoms with E-state index in [4.69, 9.17) is 0 Å². The smallest absolute Gasteiger partial charge is 0.161 e. The highest BCUT2D eigenvalue weighted by Gasteiger charge is 2.30. The van der Waals surface area contributed by atoms with Gasteiger partial charge in [-0.05, 0) is 40.8 Å². The van der Waals surface area contributed by atoms with Crippen LogP contribution in [-0.4, -0.2) is 16.1 Å². The average Bonchev–Trinajstić information content (AvgIpc) is 3.30. The zero-order valence-electron chi connectivity index (χ0n) is 11.9. The first-order valence-electron chi connectivity index (χ1n) is 7.37. The molecule has 4 rings (SSSR count). The van der Waals surface area contributed by atoms with E-state index in [0.29, 0.717) is 11.7 Å². The third-order valence-corrected chi connectivity index (χ3v) is 4.38. The molecule has 2 aromatic rings. The van der Waals surface area contributed by atoms with Gasteiger partial charge in [0.15, 0.2) is 5.82 Å². The van der Waals surface area contributed by atoms with E-state index in [2.05, 4.69) is 48.1 Å². The number of aromatic nitrogens is 2. The Bertz CT molecular complexity index is 712. The summed E-state index contributed by atoms with van der Waals surface area (Å²) in [5, 5.41) is 3.38. The van der Waals surface area contributed by atoms with Crippen LogP contribution in [-0.2, 0) is 0 Å². The minimum Gasteiger partial charge on any atom is -0.349 e. The molecule has 0 bridgehead atoms. The normalized spacial score (nSPS) is 20.4. The summed E-state index contributed by atoms with van der Waals surface area (Å²) in [6, 6.07) is 9.97. The van der Waals surface area contributed by atoms with Gasteiger partial charge in [0, 0.05) is 17.5 Å². The van der Waals surface area contributed by atoms with Gasteiger partial charge < -0.3 is 10.7 Å². The van der Waals surface area contributed by atoms with Crippen molar-refractivity contribution in [1.82, 2.24) is 20.8 Å². The van der Waals surface area contributed by atoms with Crippen LogP contribution < -0.4 is 16.2 Å². The molecule has 2 heterocycles. The van der Waals surface area contributed by atoms with E-state index in [1.165, 1.54) is 18.5 Å². The minimum absolute atomic E-state index is 0.0328. The van der Waals surface area contributed by atoms with E-state index >= 15 is 0 Å². The Balaban J connectivity index is 1.56. The maximum absolute atomic E-state index is 4.63. The molecular formula is C16H16BrN5. The van der Waals surface area contributed by atoms with E-state index < -0.39 is 0 Å². The summed E-state index contributed by atoms with van der Waals surface area (Å²) in [5.74, 6) is 2.19. The van der Waals surface area contributed by atoms with Crippen molar-refractivity contribution in [2.45, 2.75) is 19.0 Å². The number of anilines is 1. The molecule has 1 aromatic carbocycles. The summed E-state index contributed by atoms with van der Waals surface area (Å²) >= 11 is 3.51. The van der Waals surface area contributed by atoms with E-state index in [-0.39, 0.29) is 6.17 Å². The van der Waals surface area contributed by atoms with Crippen LogP contribution in [0.25, 0.3) is 11.4 Å². The number of hydrazine groups is 1. The Labute approximate surface area is 137 Å². The lowest BCUT2D eigenvalue weighted by Gasteiger charge is -2.14. The Morgan fingerprint density at radius 1 is 1.18 bits per heavy atom. The second-order valence-electron chi connectivity index (χ2n) is 5.54. The first-order valence-corrected chi connectivity index (χ1v) is 8.16. The Morgan fingerprint density at radius 3 is 2.77 bits per heavy atom. The molecule has 0 amide bonds. The zero-order valence-corrected chi connectivity index (χ0v) is 13.5. The summed E-state index contributed by atoms with van der Waals surface area (Å²) in [5.41, 5.74) is 8.76. The Hall–Kier alpha value is -1.92. The predicted octanol–water partition coefficient (Wildman–Crippen LogP) is 3.05. The SMILES string of the molecule is Brc1cnc(-c2ccccc2)nc1NC1C=C(C2CC2)NN1. The fourth-order valence-electron chi connectivity index (χ4n) is 2.48. The fourth-order valence-corrected chi connectivity index (χ4v) is 2.78. The van der Waals surface area contributed by atoms with Gasteiger partial charge in [-0.15, -0.1) is 0 Å². The van der Waals surface area contributed by atoms with Gasteiger partial charge in [-0.1, -0.05) is 30.3 Å². The molecular weight excluding hydrogens is 342 g/mol. The van der Waals surface area contributed by atoms with E-state index in [1.54, 1.807) is 6.20 Å². The minimum atomic E-state index is 0.0328. The fraction of sp³-hybridized carbons (Fsp3) is 0.250. The van der Waals surface area contributed by atoms with Crippen LogP contribution >= 0.6 is 15.9 Å². The highest BCUT2D eigenvalue weighted by atomic mass is 79.9. The van der Waals surface area contributed by atoms with Crippen LogP contribution in [0.4, 0.5) is 5.82 Å². The highest BCUT2D eigenvalue weighted by molar-refractivity contribution is 9.10. The second-order valence-corrected chi connectivity index (χ2v) is 6.40. The highest BCUT2D eigenvalue weighted by Crippen LogP contribution is 2.36. The number of hydrogen-bond donors (Lipinski definition) is 3. The van der Waals surface area contributed by atoms with Crippen molar-refractivity contribution in [2.75, 3.05) is 5.32 Å². The van der Waals surface area contributed by atoms with Crippen molar-refractivity contribution in [3.8, 4) is 11.4 Å². The van der Waals surface area contributed by atoms with Gasteiger partial charge in [-0.25, -0.2) is 15.4 Å². The van der Waals surface area contributed by atoms with Crippen LogP contribution in [0.15, 0.2) is 52.8 Å². The lowest BCUT2D eigenvalue weighted by molar-refractivity contribution is 0.599. The molecule has 5 nitrogen and oxygen atoms in total. The van der Waals surface area contributed by atoms with Crippen molar-refractivity contribution in [3.05, 3.63) is 52.8 Å². The quantitative estimate of drug-likeness (QED) is 0.784. The number of allylic oxidation sites excluding steroid dienone is 1. The van der Waals surface area contributed by atoms with Gasteiger partial charge in [0.2, 0.25) is 0 Å². The van der Waals surface area contributed by atoms with Crippen molar-refractivity contribution >= 4 is 21.7 Å². The molecule has 1 fully saturated rings. The standard InChI is InChI=1S/C16H16BrN5/c17-12-9-18-15(11-4-2-1-3-5-11)20-16(12)19-14-8-13(21-22-14)10-6-7-10/h1-5,8-10,14,21-22H,6-7H2,(H,18,19,20). The summed E-state index contributed by atoms with van der Waals surface area (Å²) < 4.78 is 0.849. The monoisotopic (exact) mass is 357 g/mol. The molecule has 22 heavy (non-hydrogen) atoms. The molecule has 1 unspecified atom stereocenters. The summed E-state index contributed by atoms with van der Waals surface area (Å²) in [6.07, 6.45) is 6.57. The van der Waals surface area contributed by atoms with Gasteiger partial charge >= 0.3 is 0 Å². The molecule has 1 saturated carbocycles. The van der Waals surface area contributed by atoms with Crippen LogP contribution in [0.1, 0.15) is 12.8 Å². The maximum Gasteiger partial charge on any atom is 0.161 e. The van der Waals surface area contributed by atoms with Gasteiger partial charge in [0.25, 0.3) is 0 Å². The second kappa shape index (κ2) is 5.70. The topological polar surface area (TPSA) is 61.9 Å². The average molecular weight is 358 g/mol. The maximum atomic E-state index is 4.63. The van der Waals surface area contributed by atoms with Crippen molar-refractivity contribution in [1.29, 1.82) is 0 Å². The first-order chi connectivity index (χ1) is 10.8. The van der Waals surface area contributed by atoms with Gasteiger partial charge in [0.05, 0.1) is 4.47 Å². The van der Waals surface area contributed by atoms with Crippen LogP contribution in [0.3, 0.4) is 0 Å². The number of nitrogens with zero attached hydrogens (tertiary/aromatic N) is 2. The van der Waals surface area contributed by atoms with Crippen molar-refractivity contribution in [2.24, 2.45) is 5.92 Å². The lowest BCUT2D eigenvalue weighted by atomic mass is 10.2. The van der Waals surface area contributed by atoms with E-state index in [0.717, 1.165) is 15.9 Å². The molecule has 1 aliphatic carbocycles. The molecule has 1 aromatic heterocycles. The molecule has 1 aliphatic heterocycles. The van der Waals surface area contributed by atoms with Gasteiger partial charge in [-0.3, -0.25) is 0 Å². The predicted molar refractivity (Wildman–Crippen MR) is 89.7 cm³/mol. The largest absolute Gasteiger partial charge is 0.349 e. The molecule has 2 aliphatic rings. The molecule has 1 atom stereocenters. The van der Waals surface area contributed by atoms with Crippen LogP contribution in [0.2, 0.25) is 0 Å². The Morgan fingerprint density at radius 2 is 2.00 bits per heavy atom. The third-order valence-electron chi connectivity index (χ3n) is 3.80. The summed E-state index contributed by atoms with van der Waals surface area (Å²) in [6.45, 7) is 0. The molecule has 0 radical (unpaired) electrons. The molecule has 3 N–H and O–H groups in total. The van der Waals surface area contributed by atoms with Gasteiger partial charge in [0.1, 0.15) is 12.0 Å². The summed E-state index contributed by atoms with van der Waals surface area (Å²) in [7, 11) is 0. The number of rotatable bonds is 4. The van der Waals surface area contributed by atoms with Crippen LogP contribution in [0.5, 0.6) is 0 Å². The van der Waals surface area contributed by atoms with Crippen LogP contribution in [0, 0.1) is 5.92 Å². The summed E-state index contributed by atoms with van der Waals surface area (Å²) in [4.78, 5) is 9.01.